The third-order valence-corrected chi connectivity index (χ3v) is 3.37. The average molecular weight is 363 g/mol. The second-order valence-corrected chi connectivity index (χ2v) is 6.08. The first-order valence-corrected chi connectivity index (χ1v) is 8.74. The van der Waals surface area contributed by atoms with Gasteiger partial charge in [-0.25, -0.2) is 9.59 Å². The molecule has 0 aromatic heterocycles. The molecule has 0 aromatic carbocycles. The van der Waals surface area contributed by atoms with Gasteiger partial charge in [-0.05, 0) is 20.5 Å². The maximum atomic E-state index is 11.5. The summed E-state index contributed by atoms with van der Waals surface area (Å²) in [7, 11) is 5.59. The monoisotopic (exact) mass is 363 g/mol. The van der Waals surface area contributed by atoms with Gasteiger partial charge in [0.2, 0.25) is 0 Å². The Hall–Kier alpha value is -1.55. The van der Waals surface area contributed by atoms with Gasteiger partial charge in [0.1, 0.15) is 0 Å². The number of carbonyl (C=O) groups excluding carboxylic acids is 1. The van der Waals surface area contributed by atoms with E-state index in [1.54, 1.807) is 13.2 Å². The van der Waals surface area contributed by atoms with Crippen molar-refractivity contribution in [1.82, 2.24) is 4.90 Å². The molecule has 144 valence electrons. The molecule has 1 unspecified atom stereocenters. The van der Waals surface area contributed by atoms with Crippen LogP contribution < -0.4 is 0 Å². The Morgan fingerprint density at radius 3 is 2.12 bits per heavy atom. The number of allylic oxidation sites excluding steroid dienone is 2. The summed E-state index contributed by atoms with van der Waals surface area (Å²) in [6.45, 7) is 3.05. The van der Waals surface area contributed by atoms with Gasteiger partial charge in [0.05, 0.1) is 12.9 Å². The molecule has 2 N–H and O–H groups in total. The summed E-state index contributed by atoms with van der Waals surface area (Å²) in [4.78, 5) is 32.7. The number of aliphatic carboxylic acids is 2. The Kier molecular flexibility index (Phi) is 17.3. The molecule has 0 amide bonds. The summed E-state index contributed by atoms with van der Waals surface area (Å²) in [6, 6.07) is 0. The minimum absolute atomic E-state index is 0.161. The molecular weight excluding hydrogens is 333 g/mol. The van der Waals surface area contributed by atoms with Crippen LogP contribution >= 0.6 is 0 Å². The molecule has 0 radical (unpaired) electrons. The van der Waals surface area contributed by atoms with E-state index >= 15 is 0 Å². The number of carboxylic acid groups (broad SMARTS) is 2. The molecule has 0 fully saturated rings. The van der Waals surface area contributed by atoms with E-state index in [-0.39, 0.29) is 11.7 Å². The zero-order valence-electron chi connectivity index (χ0n) is 16.5. The van der Waals surface area contributed by atoms with Crippen molar-refractivity contribution in [3.05, 3.63) is 24.0 Å². The number of carbonyl (C=O) groups is 3. The van der Waals surface area contributed by atoms with Crippen LogP contribution in [0.3, 0.4) is 0 Å². The molecule has 0 aromatic rings. The molecular formula is C18H30LiNO6. The fourth-order valence-corrected chi connectivity index (χ4v) is 2.09. The number of ketones is 1. The van der Waals surface area contributed by atoms with E-state index in [9.17, 15) is 14.4 Å². The summed E-state index contributed by atoms with van der Waals surface area (Å²) in [5.41, 5.74) is 0. The topological polar surface area (TPSA) is 104 Å². The molecule has 0 heterocycles. The van der Waals surface area contributed by atoms with Gasteiger partial charge in [0, 0.05) is 37.1 Å². The van der Waals surface area contributed by atoms with Crippen LogP contribution in [0.5, 0.6) is 0 Å². The number of methoxy groups -OCH3 is 1. The molecule has 0 saturated heterocycles. The van der Waals surface area contributed by atoms with Crippen molar-refractivity contribution < 1.29 is 29.3 Å². The Balaban J connectivity index is 0. The third-order valence-electron chi connectivity index (χ3n) is 3.37. The molecule has 7 nitrogen and oxygen atoms in total. The van der Waals surface area contributed by atoms with Crippen LogP contribution in [0.2, 0.25) is 5.09 Å². The van der Waals surface area contributed by atoms with Crippen LogP contribution in [-0.4, -0.2) is 78.3 Å². The number of ether oxygens (including phenoxy) is 1. The van der Waals surface area contributed by atoms with Gasteiger partial charge < -0.3 is 19.8 Å². The second kappa shape index (κ2) is 16.9. The van der Waals surface area contributed by atoms with Gasteiger partial charge in [-0.1, -0.05) is 0 Å². The van der Waals surface area contributed by atoms with Crippen molar-refractivity contribution in [1.29, 1.82) is 0 Å². The van der Waals surface area contributed by atoms with E-state index in [1.165, 1.54) is 17.9 Å². The maximum absolute atomic E-state index is 11.5. The number of nitrogens with zero attached hydrogens (tertiary/aromatic N) is 1. The number of hydrogen-bond acceptors (Lipinski definition) is 5. The molecule has 26 heavy (non-hydrogen) atoms. The van der Waals surface area contributed by atoms with Crippen LogP contribution in [0.15, 0.2) is 24.0 Å². The number of unbranched alkanes of at least 4 members (excludes halogenated alkanes) is 1. The second-order valence-electron chi connectivity index (χ2n) is 6.08. The molecule has 1 aliphatic rings. The van der Waals surface area contributed by atoms with Gasteiger partial charge >= 0.3 is 54.5 Å². The molecule has 0 spiro atoms. The number of carboxylic acids is 2. The molecule has 0 bridgehead atoms. The van der Waals surface area contributed by atoms with Crippen LogP contribution in [0.1, 0.15) is 32.6 Å². The van der Waals surface area contributed by atoms with E-state index in [1.807, 2.05) is 19.0 Å². The Bertz CT molecular complexity index is 470. The molecule has 0 saturated carbocycles. The van der Waals surface area contributed by atoms with Crippen LogP contribution in [0, 0.1) is 5.92 Å². The zero-order chi connectivity index (χ0) is 20.5. The molecule has 8 heteroatoms. The van der Waals surface area contributed by atoms with Gasteiger partial charge in [0.15, 0.2) is 5.78 Å². The summed E-state index contributed by atoms with van der Waals surface area (Å²) < 4.78 is 5.04. The summed E-state index contributed by atoms with van der Waals surface area (Å²) in [5, 5.41) is 17.0. The summed E-state index contributed by atoms with van der Waals surface area (Å²) >= 11 is 2.21. The Labute approximate surface area is 165 Å². The average Bonchev–Trinajstić information content (AvgIpc) is 2.56. The van der Waals surface area contributed by atoms with Crippen LogP contribution in [0.25, 0.3) is 0 Å². The first kappa shape index (κ1) is 26.7. The predicted octanol–water partition coefficient (Wildman–Crippen LogP) is 2.14. The number of hydrogen-bond donors (Lipinski definition) is 2. The van der Waals surface area contributed by atoms with Gasteiger partial charge in [-0.15, -0.1) is 0 Å². The van der Waals surface area contributed by atoms with Crippen LogP contribution in [0.4, 0.5) is 0 Å². The van der Waals surface area contributed by atoms with E-state index in [2.05, 4.69) is 24.6 Å². The van der Waals surface area contributed by atoms with E-state index in [4.69, 9.17) is 14.9 Å². The van der Waals surface area contributed by atoms with Gasteiger partial charge in [-0.3, -0.25) is 4.79 Å². The fraction of sp³-hybridized carbons (Fsp3) is 0.611. The Morgan fingerprint density at radius 1 is 1.31 bits per heavy atom. The first-order chi connectivity index (χ1) is 12.2. The zero-order valence-corrected chi connectivity index (χ0v) is 16.5. The van der Waals surface area contributed by atoms with Crippen molar-refractivity contribution >= 4 is 35.4 Å². The third kappa shape index (κ3) is 17.3. The normalized spacial score (nSPS) is 16.2. The van der Waals surface area contributed by atoms with Gasteiger partial charge in [0.25, 0.3) is 0 Å². The van der Waals surface area contributed by atoms with Crippen molar-refractivity contribution in [3.63, 3.8) is 0 Å². The molecule has 0 aliphatic heterocycles. The first-order valence-electron chi connectivity index (χ1n) is 8.74. The molecule has 1 aliphatic carbocycles. The van der Waals surface area contributed by atoms with E-state index in [0.717, 1.165) is 25.1 Å². The summed E-state index contributed by atoms with van der Waals surface area (Å²) in [6.07, 6.45) is 7.29. The fourth-order valence-electron chi connectivity index (χ4n) is 2.09. The Morgan fingerprint density at radius 2 is 1.85 bits per heavy atom. The summed E-state index contributed by atoms with van der Waals surface area (Å²) in [5.74, 6) is -1.33. The molecule has 1 atom stereocenters. The van der Waals surface area contributed by atoms with E-state index < -0.39 is 11.9 Å². The van der Waals surface area contributed by atoms with Crippen molar-refractivity contribution in [2.45, 2.75) is 37.7 Å². The predicted molar refractivity (Wildman–Crippen MR) is 101 cm³/mol. The standard InChI is InChI=1S/C10H17NO2.C4H4O4.C4H9.Li/c1-11(2)7-8-4-5-9(13-3)6-10(8)12;5-3(6)1-2-4(7)8;1-3-4-2;/h6,8H,4-5,7H2,1-3H3;1-2H,(H,5,6)(H,7,8);1,3-4H2,2H3;/b;2-1-;;. The molecule has 1 rings (SSSR count). The van der Waals surface area contributed by atoms with Crippen LogP contribution in [-0.2, 0) is 19.1 Å². The number of rotatable bonds is 7. The van der Waals surface area contributed by atoms with Crippen molar-refractivity contribution in [3.8, 4) is 0 Å². The SMILES string of the molecule is COC1=CC(=O)C(CN(C)C)CC1.O=C(O)/C=C\C(=O)O.[Li][CH2]CCC. The quantitative estimate of drug-likeness (QED) is 0.527. The minimum atomic E-state index is -1.26. The van der Waals surface area contributed by atoms with Gasteiger partial charge in [-0.2, -0.15) is 0 Å². The van der Waals surface area contributed by atoms with E-state index in [0.29, 0.717) is 12.2 Å². The van der Waals surface area contributed by atoms with Crippen molar-refractivity contribution in [2.24, 2.45) is 5.92 Å². The van der Waals surface area contributed by atoms with Crippen molar-refractivity contribution in [2.75, 3.05) is 27.7 Å².